The lowest BCUT2D eigenvalue weighted by Crippen LogP contribution is -2.48. The molecule has 0 aromatic heterocycles. The van der Waals surface area contributed by atoms with E-state index < -0.39 is 0 Å². The van der Waals surface area contributed by atoms with Gasteiger partial charge in [-0.15, -0.1) is 0 Å². The Bertz CT molecular complexity index is 666. The molecule has 4 heteroatoms. The third kappa shape index (κ3) is 4.65. The lowest BCUT2D eigenvalue weighted by atomic mass is 10.1. The summed E-state index contributed by atoms with van der Waals surface area (Å²) in [6.07, 6.45) is 1.36. The largest absolute Gasteiger partial charge is 0.340 e. The Morgan fingerprint density at radius 2 is 1.62 bits per heavy atom. The van der Waals surface area contributed by atoms with Crippen molar-refractivity contribution in [2.24, 2.45) is 0 Å². The number of carbonyl (C=O) groups is 1. The second-order valence-electron chi connectivity index (χ2n) is 6.27. The van der Waals surface area contributed by atoms with Crippen molar-refractivity contribution in [1.29, 1.82) is 0 Å². The molecule has 0 radical (unpaired) electrons. The molecule has 2 aromatic carbocycles. The van der Waals surface area contributed by atoms with Crippen molar-refractivity contribution in [1.82, 2.24) is 9.80 Å². The van der Waals surface area contributed by atoms with Gasteiger partial charge in [0, 0.05) is 39.1 Å². The van der Waals surface area contributed by atoms with Crippen LogP contribution < -0.4 is 0 Å². The molecule has 0 N–H and O–H groups in total. The van der Waals surface area contributed by atoms with Crippen LogP contribution >= 0.6 is 0 Å². The number of hydrogen-bond donors (Lipinski definition) is 0. The van der Waals surface area contributed by atoms with Gasteiger partial charge in [-0.25, -0.2) is 4.39 Å². The van der Waals surface area contributed by atoms with Crippen molar-refractivity contribution < 1.29 is 9.18 Å². The number of amides is 1. The van der Waals surface area contributed by atoms with Crippen LogP contribution in [0, 0.1) is 5.82 Å². The van der Waals surface area contributed by atoms with Crippen LogP contribution in [0.3, 0.4) is 0 Å². The zero-order valence-corrected chi connectivity index (χ0v) is 13.8. The summed E-state index contributed by atoms with van der Waals surface area (Å²) in [7, 11) is 0. The van der Waals surface area contributed by atoms with Crippen LogP contribution in [0.4, 0.5) is 4.39 Å². The average molecular weight is 326 g/mol. The number of halogens is 1. The van der Waals surface area contributed by atoms with Crippen molar-refractivity contribution >= 4 is 5.91 Å². The maximum absolute atomic E-state index is 13.2. The molecule has 1 aliphatic rings. The summed E-state index contributed by atoms with van der Waals surface area (Å²) in [5.74, 6) is 0.0338. The summed E-state index contributed by atoms with van der Waals surface area (Å²) >= 11 is 0. The number of carbonyl (C=O) groups excluding carboxylic acids is 1. The minimum Gasteiger partial charge on any atom is -0.340 e. The molecule has 0 spiro atoms. The molecule has 0 unspecified atom stereocenters. The highest BCUT2D eigenvalue weighted by Crippen LogP contribution is 2.12. The van der Waals surface area contributed by atoms with Crippen LogP contribution in [0.5, 0.6) is 0 Å². The minimum absolute atomic E-state index is 0.192. The number of benzene rings is 2. The van der Waals surface area contributed by atoms with E-state index in [9.17, 15) is 9.18 Å². The Kier molecular flexibility index (Phi) is 5.59. The average Bonchev–Trinajstić information content (AvgIpc) is 2.61. The van der Waals surface area contributed by atoms with Crippen molar-refractivity contribution in [2.45, 2.75) is 19.4 Å². The molecule has 0 saturated carbocycles. The first-order chi connectivity index (χ1) is 11.7. The van der Waals surface area contributed by atoms with Gasteiger partial charge in [0.25, 0.3) is 0 Å². The van der Waals surface area contributed by atoms with Gasteiger partial charge in [-0.3, -0.25) is 9.69 Å². The minimum atomic E-state index is -0.192. The van der Waals surface area contributed by atoms with Gasteiger partial charge in [-0.1, -0.05) is 42.5 Å². The molecule has 1 saturated heterocycles. The molecular weight excluding hydrogens is 303 g/mol. The van der Waals surface area contributed by atoms with E-state index in [1.807, 2.05) is 29.2 Å². The van der Waals surface area contributed by atoms with Crippen molar-refractivity contribution in [2.75, 3.05) is 26.2 Å². The Labute approximate surface area is 142 Å². The summed E-state index contributed by atoms with van der Waals surface area (Å²) in [5.41, 5.74) is 2.19. The zero-order chi connectivity index (χ0) is 16.8. The smallest absolute Gasteiger partial charge is 0.222 e. The van der Waals surface area contributed by atoms with E-state index in [-0.39, 0.29) is 11.7 Å². The predicted octanol–water partition coefficient (Wildman–Crippen LogP) is 3.10. The summed E-state index contributed by atoms with van der Waals surface area (Å²) in [6.45, 7) is 3.93. The van der Waals surface area contributed by atoms with Gasteiger partial charge in [0.15, 0.2) is 0 Å². The number of aryl methyl sites for hydroxylation is 1. The summed E-state index contributed by atoms with van der Waals surface area (Å²) in [4.78, 5) is 16.6. The second-order valence-corrected chi connectivity index (χ2v) is 6.27. The molecular formula is C20H23FN2O. The number of nitrogens with zero attached hydrogens (tertiary/aromatic N) is 2. The molecule has 1 heterocycles. The van der Waals surface area contributed by atoms with Crippen molar-refractivity contribution in [3.05, 3.63) is 71.5 Å². The van der Waals surface area contributed by atoms with Crippen molar-refractivity contribution in [3.63, 3.8) is 0 Å². The summed E-state index contributed by atoms with van der Waals surface area (Å²) < 4.78 is 13.2. The van der Waals surface area contributed by atoms with E-state index in [0.29, 0.717) is 6.42 Å². The highest BCUT2D eigenvalue weighted by atomic mass is 19.1. The number of hydrogen-bond acceptors (Lipinski definition) is 2. The summed E-state index contributed by atoms with van der Waals surface area (Å²) in [6, 6.07) is 16.9. The van der Waals surface area contributed by atoms with E-state index in [4.69, 9.17) is 0 Å². The molecule has 1 fully saturated rings. The van der Waals surface area contributed by atoms with E-state index in [1.165, 1.54) is 11.6 Å². The second kappa shape index (κ2) is 8.06. The highest BCUT2D eigenvalue weighted by molar-refractivity contribution is 5.76. The van der Waals surface area contributed by atoms with Crippen LogP contribution in [-0.4, -0.2) is 41.9 Å². The van der Waals surface area contributed by atoms with Crippen LogP contribution in [0.1, 0.15) is 17.5 Å². The van der Waals surface area contributed by atoms with E-state index in [0.717, 1.165) is 44.7 Å². The molecule has 3 rings (SSSR count). The SMILES string of the molecule is O=C(CCc1ccccc1)N1CCN(Cc2cccc(F)c2)CC1. The Morgan fingerprint density at radius 3 is 2.33 bits per heavy atom. The predicted molar refractivity (Wildman–Crippen MR) is 93.0 cm³/mol. The summed E-state index contributed by atoms with van der Waals surface area (Å²) in [5, 5.41) is 0. The first-order valence-corrected chi connectivity index (χ1v) is 8.49. The van der Waals surface area contributed by atoms with Gasteiger partial charge in [0.1, 0.15) is 5.82 Å². The Morgan fingerprint density at radius 1 is 0.917 bits per heavy atom. The van der Waals surface area contributed by atoms with Crippen LogP contribution in [-0.2, 0) is 17.8 Å². The van der Waals surface area contributed by atoms with Gasteiger partial charge in [-0.2, -0.15) is 0 Å². The topological polar surface area (TPSA) is 23.6 Å². The normalized spacial score (nSPS) is 15.5. The quantitative estimate of drug-likeness (QED) is 0.843. The van der Waals surface area contributed by atoms with Gasteiger partial charge in [0.2, 0.25) is 5.91 Å². The van der Waals surface area contributed by atoms with Gasteiger partial charge in [0.05, 0.1) is 0 Å². The monoisotopic (exact) mass is 326 g/mol. The molecule has 1 amide bonds. The molecule has 0 atom stereocenters. The lowest BCUT2D eigenvalue weighted by Gasteiger charge is -2.34. The fourth-order valence-electron chi connectivity index (χ4n) is 3.10. The lowest BCUT2D eigenvalue weighted by molar-refractivity contribution is -0.133. The maximum atomic E-state index is 13.2. The fraction of sp³-hybridized carbons (Fsp3) is 0.350. The van der Waals surface area contributed by atoms with Crippen LogP contribution in [0.25, 0.3) is 0 Å². The molecule has 2 aromatic rings. The molecule has 0 aliphatic carbocycles. The molecule has 0 bridgehead atoms. The first kappa shape index (κ1) is 16.7. The van der Waals surface area contributed by atoms with E-state index in [2.05, 4.69) is 17.0 Å². The first-order valence-electron chi connectivity index (χ1n) is 8.49. The van der Waals surface area contributed by atoms with Gasteiger partial charge >= 0.3 is 0 Å². The molecule has 24 heavy (non-hydrogen) atoms. The van der Waals surface area contributed by atoms with E-state index in [1.54, 1.807) is 12.1 Å². The Hall–Kier alpha value is -2.20. The van der Waals surface area contributed by atoms with Gasteiger partial charge in [-0.05, 0) is 29.7 Å². The van der Waals surface area contributed by atoms with Crippen LogP contribution in [0.15, 0.2) is 54.6 Å². The fourth-order valence-corrected chi connectivity index (χ4v) is 3.10. The number of rotatable bonds is 5. The van der Waals surface area contributed by atoms with Crippen molar-refractivity contribution in [3.8, 4) is 0 Å². The zero-order valence-electron chi connectivity index (χ0n) is 13.8. The number of piperazine rings is 1. The Balaban J connectivity index is 1.43. The van der Waals surface area contributed by atoms with Crippen LogP contribution in [0.2, 0.25) is 0 Å². The third-order valence-electron chi connectivity index (χ3n) is 4.49. The molecule has 1 aliphatic heterocycles. The molecule has 126 valence electrons. The highest BCUT2D eigenvalue weighted by Gasteiger charge is 2.20. The van der Waals surface area contributed by atoms with Gasteiger partial charge < -0.3 is 4.90 Å². The standard InChI is InChI=1S/C20H23FN2O/c21-19-8-4-7-18(15-19)16-22-11-13-23(14-12-22)20(24)10-9-17-5-2-1-3-6-17/h1-8,15H,9-14,16H2. The molecule has 3 nitrogen and oxygen atoms in total. The van der Waals surface area contributed by atoms with E-state index >= 15 is 0 Å². The third-order valence-corrected chi connectivity index (χ3v) is 4.49. The maximum Gasteiger partial charge on any atom is 0.222 e.